The number of benzene rings is 1. The van der Waals surface area contributed by atoms with Gasteiger partial charge in [0.2, 0.25) is 0 Å². The van der Waals surface area contributed by atoms with Crippen molar-refractivity contribution in [3.8, 4) is 0 Å². The van der Waals surface area contributed by atoms with Crippen molar-refractivity contribution >= 4 is 39.4 Å². The minimum atomic E-state index is -2.54. The standard InChI is InChI=1S/C16H17N5O4S/c1-9-3-4-11(5-13(9)18-8-26(24)25)20-15-14-10(2)12(16(22)23)6-21(14)19-7-17-15/h3-7,18,26H,8H2,1-2H3,(H,22,23)(H,17,19,20). The van der Waals surface area contributed by atoms with Crippen molar-refractivity contribution in [1.29, 1.82) is 0 Å². The fourth-order valence-electron chi connectivity index (χ4n) is 2.64. The predicted octanol–water partition coefficient (Wildman–Crippen LogP) is 1.77. The number of carboxylic acid groups (broad SMARTS) is 1. The van der Waals surface area contributed by atoms with E-state index in [4.69, 9.17) is 0 Å². The zero-order valence-corrected chi connectivity index (χ0v) is 14.9. The van der Waals surface area contributed by atoms with Crippen molar-refractivity contribution in [3.63, 3.8) is 0 Å². The van der Waals surface area contributed by atoms with Crippen molar-refractivity contribution in [2.24, 2.45) is 0 Å². The minimum absolute atomic E-state index is 0.152. The number of carboxylic acids is 1. The highest BCUT2D eigenvalue weighted by Gasteiger charge is 2.17. The Bertz CT molecular complexity index is 1070. The van der Waals surface area contributed by atoms with Crippen LogP contribution in [0.3, 0.4) is 0 Å². The van der Waals surface area contributed by atoms with Gasteiger partial charge in [-0.15, -0.1) is 0 Å². The highest BCUT2D eigenvalue weighted by atomic mass is 32.2. The molecule has 0 aliphatic heterocycles. The summed E-state index contributed by atoms with van der Waals surface area (Å²) in [4.78, 5) is 15.5. The van der Waals surface area contributed by atoms with E-state index in [-0.39, 0.29) is 11.4 Å². The summed E-state index contributed by atoms with van der Waals surface area (Å²) < 4.78 is 23.0. The maximum absolute atomic E-state index is 11.3. The van der Waals surface area contributed by atoms with Crippen molar-refractivity contribution in [3.05, 3.63) is 47.4 Å². The van der Waals surface area contributed by atoms with Crippen molar-refractivity contribution in [2.45, 2.75) is 13.8 Å². The summed E-state index contributed by atoms with van der Waals surface area (Å²) in [5.41, 5.74) is 3.51. The molecule has 2 heterocycles. The minimum Gasteiger partial charge on any atom is -0.478 e. The number of nitrogens with one attached hydrogen (secondary N) is 2. The number of rotatable bonds is 6. The van der Waals surface area contributed by atoms with E-state index >= 15 is 0 Å². The van der Waals surface area contributed by atoms with Gasteiger partial charge in [0.1, 0.15) is 17.7 Å². The van der Waals surface area contributed by atoms with Gasteiger partial charge in [-0.3, -0.25) is 0 Å². The van der Waals surface area contributed by atoms with Crippen molar-refractivity contribution in [2.75, 3.05) is 16.5 Å². The number of aryl methyl sites for hydroxylation is 2. The van der Waals surface area contributed by atoms with E-state index in [1.54, 1.807) is 13.0 Å². The molecule has 3 N–H and O–H groups in total. The Labute approximate surface area is 150 Å². The van der Waals surface area contributed by atoms with Crippen LogP contribution in [0.2, 0.25) is 0 Å². The fraction of sp³-hybridized carbons (Fsp3) is 0.188. The normalized spacial score (nSPS) is 11.0. The van der Waals surface area contributed by atoms with E-state index in [1.165, 1.54) is 17.0 Å². The molecule has 0 bridgehead atoms. The van der Waals surface area contributed by atoms with Crippen LogP contribution >= 0.6 is 0 Å². The molecule has 0 fully saturated rings. The fourth-order valence-corrected chi connectivity index (χ4v) is 2.94. The summed E-state index contributed by atoms with van der Waals surface area (Å²) in [5.74, 6) is -0.737. The molecule has 3 rings (SSSR count). The van der Waals surface area contributed by atoms with Crippen LogP contribution in [0.1, 0.15) is 21.5 Å². The lowest BCUT2D eigenvalue weighted by molar-refractivity contribution is 0.0696. The quantitative estimate of drug-likeness (QED) is 0.480. The second kappa shape index (κ2) is 7.00. The number of hydrogen-bond donors (Lipinski definition) is 4. The van der Waals surface area contributed by atoms with Crippen LogP contribution in [-0.4, -0.2) is 40.0 Å². The molecule has 0 saturated heterocycles. The molecular weight excluding hydrogens is 358 g/mol. The smallest absolute Gasteiger partial charge is 0.337 e. The molecule has 3 aromatic rings. The van der Waals surface area contributed by atoms with Crippen molar-refractivity contribution < 1.29 is 18.3 Å². The summed E-state index contributed by atoms with van der Waals surface area (Å²) >= 11 is 0. The largest absolute Gasteiger partial charge is 0.478 e. The molecule has 1 aromatic carbocycles. The average Bonchev–Trinajstić information content (AvgIpc) is 2.93. The summed E-state index contributed by atoms with van der Waals surface area (Å²) in [7, 11) is -2.54. The molecule has 0 radical (unpaired) electrons. The van der Waals surface area contributed by atoms with Gasteiger partial charge in [-0.1, -0.05) is 6.07 Å². The van der Waals surface area contributed by atoms with E-state index in [2.05, 4.69) is 20.7 Å². The van der Waals surface area contributed by atoms with E-state index < -0.39 is 16.7 Å². The van der Waals surface area contributed by atoms with Crippen LogP contribution < -0.4 is 10.6 Å². The van der Waals surface area contributed by atoms with E-state index in [1.807, 2.05) is 19.1 Å². The molecule has 26 heavy (non-hydrogen) atoms. The first-order valence-corrected chi connectivity index (χ1v) is 9.02. The number of anilines is 3. The second-order valence-electron chi connectivity index (χ2n) is 5.70. The molecule has 0 amide bonds. The lowest BCUT2D eigenvalue weighted by Gasteiger charge is -2.12. The SMILES string of the molecule is Cc1ccc(Nc2ncnn3cc(C(=O)O)c(C)c23)cc1NC[SH](=O)=O. The van der Waals surface area contributed by atoms with Crippen LogP contribution in [0, 0.1) is 13.8 Å². The van der Waals surface area contributed by atoms with Crippen LogP contribution in [-0.2, 0) is 10.7 Å². The predicted molar refractivity (Wildman–Crippen MR) is 97.9 cm³/mol. The highest BCUT2D eigenvalue weighted by molar-refractivity contribution is 7.72. The van der Waals surface area contributed by atoms with Crippen LogP contribution in [0.25, 0.3) is 5.52 Å². The van der Waals surface area contributed by atoms with Gasteiger partial charge in [-0.25, -0.2) is 22.7 Å². The highest BCUT2D eigenvalue weighted by Crippen LogP contribution is 2.27. The molecule has 10 heteroatoms. The van der Waals surface area contributed by atoms with Gasteiger partial charge in [0.25, 0.3) is 0 Å². The number of aromatic nitrogens is 3. The zero-order valence-electron chi connectivity index (χ0n) is 14.1. The van der Waals surface area contributed by atoms with Gasteiger partial charge in [-0.05, 0) is 37.1 Å². The van der Waals surface area contributed by atoms with E-state index in [0.717, 1.165) is 5.56 Å². The lowest BCUT2D eigenvalue weighted by Crippen LogP contribution is -2.05. The van der Waals surface area contributed by atoms with Crippen LogP contribution in [0.15, 0.2) is 30.7 Å². The molecule has 0 aliphatic carbocycles. The zero-order chi connectivity index (χ0) is 18.8. The molecule has 0 aliphatic rings. The first-order valence-electron chi connectivity index (χ1n) is 7.66. The van der Waals surface area contributed by atoms with Gasteiger partial charge in [0.15, 0.2) is 16.5 Å². The van der Waals surface area contributed by atoms with Gasteiger partial charge >= 0.3 is 5.97 Å². The number of carbonyl (C=O) groups is 1. The molecule has 0 unspecified atom stereocenters. The maximum Gasteiger partial charge on any atom is 0.337 e. The third-order valence-electron chi connectivity index (χ3n) is 3.96. The lowest BCUT2D eigenvalue weighted by atomic mass is 10.1. The number of nitrogens with zero attached hydrogens (tertiary/aromatic N) is 3. The monoisotopic (exact) mass is 375 g/mol. The van der Waals surface area contributed by atoms with Crippen LogP contribution in [0.5, 0.6) is 0 Å². The molecular formula is C16H17N5O4S. The van der Waals surface area contributed by atoms with Crippen LogP contribution in [0.4, 0.5) is 17.2 Å². The second-order valence-corrected chi connectivity index (χ2v) is 6.68. The van der Waals surface area contributed by atoms with Gasteiger partial charge in [0, 0.05) is 17.6 Å². The first-order chi connectivity index (χ1) is 12.4. The van der Waals surface area contributed by atoms with E-state index in [9.17, 15) is 18.3 Å². The summed E-state index contributed by atoms with van der Waals surface area (Å²) in [5, 5.41) is 19.3. The molecule has 0 saturated carbocycles. The maximum atomic E-state index is 11.3. The summed E-state index contributed by atoms with van der Waals surface area (Å²) in [6, 6.07) is 5.43. The molecule has 136 valence electrons. The third kappa shape index (κ3) is 3.45. The number of fused-ring (bicyclic) bond motifs is 1. The topological polar surface area (TPSA) is 126 Å². The molecule has 0 atom stereocenters. The van der Waals surface area contributed by atoms with Gasteiger partial charge < -0.3 is 15.7 Å². The number of hydrogen-bond acceptors (Lipinski definition) is 7. The van der Waals surface area contributed by atoms with Gasteiger partial charge in [-0.2, -0.15) is 5.10 Å². The Balaban J connectivity index is 1.99. The molecule has 0 spiro atoms. The Morgan fingerprint density at radius 3 is 2.77 bits per heavy atom. The van der Waals surface area contributed by atoms with E-state index in [0.29, 0.717) is 28.3 Å². The Morgan fingerprint density at radius 2 is 2.08 bits per heavy atom. The number of aromatic carboxylic acids is 1. The molecule has 2 aromatic heterocycles. The Morgan fingerprint density at radius 1 is 1.31 bits per heavy atom. The molecule has 9 nitrogen and oxygen atoms in total. The van der Waals surface area contributed by atoms with Crippen molar-refractivity contribution in [1.82, 2.24) is 14.6 Å². The average molecular weight is 375 g/mol. The first kappa shape index (κ1) is 17.7. The summed E-state index contributed by atoms with van der Waals surface area (Å²) in [6.45, 7) is 3.56. The Kier molecular flexibility index (Phi) is 4.76. The summed E-state index contributed by atoms with van der Waals surface area (Å²) in [6.07, 6.45) is 2.77. The Hall–Kier alpha value is -3.14. The third-order valence-corrected chi connectivity index (χ3v) is 4.37. The number of thiol groups is 1. The van der Waals surface area contributed by atoms with Gasteiger partial charge in [0.05, 0.1) is 5.56 Å².